The molecule has 0 amide bonds. The molecule has 29 heavy (non-hydrogen) atoms. The van der Waals surface area contributed by atoms with Crippen LogP contribution >= 0.6 is 0 Å². The van der Waals surface area contributed by atoms with Gasteiger partial charge in [-0.1, -0.05) is 42.5 Å². The maximum Gasteiger partial charge on any atom is 0.214 e. The van der Waals surface area contributed by atoms with E-state index in [1.165, 1.54) is 16.5 Å². The number of hydrogen-bond donors (Lipinski definition) is 2. The lowest BCUT2D eigenvalue weighted by molar-refractivity contribution is -1.02. The summed E-state index contributed by atoms with van der Waals surface area (Å²) in [7, 11) is 0. The van der Waals surface area contributed by atoms with Gasteiger partial charge in [-0.25, -0.2) is 9.07 Å². The molecule has 1 aliphatic rings. The fourth-order valence-electron chi connectivity index (χ4n) is 4.27. The Bertz CT molecular complexity index is 904. The highest BCUT2D eigenvalue weighted by atomic mass is 19.1. The third kappa shape index (κ3) is 4.52. The van der Waals surface area contributed by atoms with Crippen LogP contribution in [0.25, 0.3) is 0 Å². The molecule has 4 rings (SSSR count). The number of aryl methyl sites for hydroxylation is 2. The van der Waals surface area contributed by atoms with Gasteiger partial charge in [0.2, 0.25) is 5.82 Å². The molecule has 1 aromatic heterocycles. The maximum absolute atomic E-state index is 14.8. The predicted molar refractivity (Wildman–Crippen MR) is 108 cm³/mol. The van der Waals surface area contributed by atoms with Crippen LogP contribution in [0.2, 0.25) is 0 Å². The number of benzene rings is 2. The third-order valence-electron chi connectivity index (χ3n) is 6.00. The Hall–Kier alpha value is -2.64. The van der Waals surface area contributed by atoms with Crippen LogP contribution in [-0.2, 0) is 13.0 Å². The zero-order valence-corrected chi connectivity index (χ0v) is 16.9. The van der Waals surface area contributed by atoms with Crippen molar-refractivity contribution >= 4 is 0 Å². The summed E-state index contributed by atoms with van der Waals surface area (Å²) in [5.74, 6) is 0.564. The quantitative estimate of drug-likeness (QED) is 0.589. The number of quaternary nitrogens is 2. The number of rotatable bonds is 7. The van der Waals surface area contributed by atoms with E-state index in [0.717, 1.165) is 45.0 Å². The molecular formula is C22H29FN6+2. The van der Waals surface area contributed by atoms with Gasteiger partial charge in [0, 0.05) is 6.54 Å². The predicted octanol–water partition coefficient (Wildman–Crippen LogP) is -0.0524. The lowest BCUT2D eigenvalue weighted by atomic mass is 10.0. The number of piperazine rings is 1. The molecule has 0 unspecified atom stereocenters. The van der Waals surface area contributed by atoms with Crippen molar-refractivity contribution in [3.05, 3.63) is 77.4 Å². The maximum atomic E-state index is 14.8. The first-order valence-electron chi connectivity index (χ1n) is 10.5. The molecular weight excluding hydrogens is 367 g/mol. The molecule has 0 aliphatic carbocycles. The lowest BCUT2D eigenvalue weighted by Gasteiger charge is -2.33. The van der Waals surface area contributed by atoms with Crippen molar-refractivity contribution in [1.82, 2.24) is 20.2 Å². The Kier molecular flexibility index (Phi) is 6.27. The average molecular weight is 397 g/mol. The van der Waals surface area contributed by atoms with Crippen molar-refractivity contribution in [1.29, 1.82) is 0 Å². The van der Waals surface area contributed by atoms with E-state index in [-0.39, 0.29) is 11.9 Å². The second kappa shape index (κ2) is 9.24. The minimum Gasteiger partial charge on any atom is -0.326 e. The van der Waals surface area contributed by atoms with Crippen molar-refractivity contribution in [3.63, 3.8) is 0 Å². The summed E-state index contributed by atoms with van der Waals surface area (Å²) >= 11 is 0. The minimum absolute atomic E-state index is 0.187. The summed E-state index contributed by atoms with van der Waals surface area (Å²) in [5, 5.41) is 12.6. The molecule has 3 aromatic rings. The van der Waals surface area contributed by atoms with Gasteiger partial charge in [0.05, 0.1) is 12.1 Å². The van der Waals surface area contributed by atoms with Gasteiger partial charge in [-0.05, 0) is 41.5 Å². The summed E-state index contributed by atoms with van der Waals surface area (Å²) in [4.78, 5) is 2.94. The van der Waals surface area contributed by atoms with Crippen molar-refractivity contribution in [2.24, 2.45) is 0 Å². The number of nitrogens with one attached hydrogen (secondary N) is 2. The third-order valence-corrected chi connectivity index (χ3v) is 6.00. The number of nitrogens with zero attached hydrogens (tertiary/aromatic N) is 4. The van der Waals surface area contributed by atoms with Crippen LogP contribution in [-0.4, -0.2) is 52.9 Å². The van der Waals surface area contributed by atoms with E-state index in [9.17, 15) is 4.39 Å². The van der Waals surface area contributed by atoms with Crippen molar-refractivity contribution in [2.75, 3.05) is 32.7 Å². The second-order valence-corrected chi connectivity index (χ2v) is 7.71. The molecule has 2 heterocycles. The zero-order valence-electron chi connectivity index (χ0n) is 16.9. The second-order valence-electron chi connectivity index (χ2n) is 7.71. The van der Waals surface area contributed by atoms with Gasteiger partial charge < -0.3 is 9.80 Å². The van der Waals surface area contributed by atoms with E-state index in [4.69, 9.17) is 0 Å². The Labute approximate surface area is 170 Å². The fourth-order valence-corrected chi connectivity index (χ4v) is 4.27. The van der Waals surface area contributed by atoms with Crippen LogP contribution in [0.1, 0.15) is 29.9 Å². The standard InChI is InChI=1S/C22H27FN6/c1-2-27-14-16-28(17-15-27)21(19-10-6-7-11-20(19)23)22-24-25-26-29(22)13-12-18-8-4-3-5-9-18/h3-11,21H,2,12-17H2,1H3/p+2/t21-/m1/s1. The van der Waals surface area contributed by atoms with Gasteiger partial charge in [0.15, 0.2) is 6.04 Å². The normalized spacial score (nSPS) is 20.5. The van der Waals surface area contributed by atoms with E-state index < -0.39 is 0 Å². The fraction of sp³-hybridized carbons (Fsp3) is 0.409. The van der Waals surface area contributed by atoms with Gasteiger partial charge >= 0.3 is 0 Å². The molecule has 7 heteroatoms. The Balaban J connectivity index is 1.62. The highest BCUT2D eigenvalue weighted by molar-refractivity contribution is 5.24. The molecule has 152 valence electrons. The summed E-state index contributed by atoms with van der Waals surface area (Å²) in [6.45, 7) is 8.16. The average Bonchev–Trinajstić information content (AvgIpc) is 3.23. The van der Waals surface area contributed by atoms with E-state index in [1.54, 1.807) is 11.0 Å². The summed E-state index contributed by atoms with van der Waals surface area (Å²) < 4.78 is 16.7. The molecule has 2 aromatic carbocycles. The van der Waals surface area contributed by atoms with E-state index >= 15 is 0 Å². The van der Waals surface area contributed by atoms with Crippen LogP contribution in [0.3, 0.4) is 0 Å². The highest BCUT2D eigenvalue weighted by Gasteiger charge is 2.36. The topological polar surface area (TPSA) is 52.5 Å². The van der Waals surface area contributed by atoms with Gasteiger partial charge in [-0.3, -0.25) is 0 Å². The van der Waals surface area contributed by atoms with Gasteiger partial charge in [-0.2, -0.15) is 0 Å². The number of halogens is 1. The van der Waals surface area contributed by atoms with Crippen LogP contribution in [0.5, 0.6) is 0 Å². The van der Waals surface area contributed by atoms with E-state index in [2.05, 4.69) is 34.6 Å². The monoisotopic (exact) mass is 396 g/mol. The molecule has 1 saturated heterocycles. The molecule has 0 saturated carbocycles. The Morgan fingerprint density at radius 1 is 1.00 bits per heavy atom. The first kappa shape index (κ1) is 19.7. The Morgan fingerprint density at radius 3 is 2.45 bits per heavy atom. The molecule has 6 nitrogen and oxygen atoms in total. The van der Waals surface area contributed by atoms with Gasteiger partial charge in [0.25, 0.3) is 0 Å². The number of hydrogen-bond acceptors (Lipinski definition) is 3. The molecule has 1 aliphatic heterocycles. The zero-order chi connectivity index (χ0) is 20.1. The van der Waals surface area contributed by atoms with Crippen molar-refractivity contribution < 1.29 is 14.2 Å². The molecule has 0 spiro atoms. The molecule has 0 bridgehead atoms. The highest BCUT2D eigenvalue weighted by Crippen LogP contribution is 2.20. The van der Waals surface area contributed by atoms with Gasteiger partial charge in [-0.15, -0.1) is 5.10 Å². The summed E-state index contributed by atoms with van der Waals surface area (Å²) in [5.41, 5.74) is 1.92. The van der Waals surface area contributed by atoms with Crippen LogP contribution < -0.4 is 9.80 Å². The SMILES string of the molecule is CC[NH+]1CC[NH+]([C@H](c2ccccc2F)c2nnnn2CCc2ccccc2)CC1. The summed E-state index contributed by atoms with van der Waals surface area (Å²) in [6, 6.07) is 17.2. The first-order valence-corrected chi connectivity index (χ1v) is 10.5. The van der Waals surface area contributed by atoms with Crippen LogP contribution in [0.4, 0.5) is 4.39 Å². The van der Waals surface area contributed by atoms with Crippen molar-refractivity contribution in [3.8, 4) is 0 Å². The van der Waals surface area contributed by atoms with Gasteiger partial charge in [0.1, 0.15) is 32.0 Å². The van der Waals surface area contributed by atoms with Crippen molar-refractivity contribution in [2.45, 2.75) is 25.9 Å². The first-order chi connectivity index (χ1) is 14.3. The number of aromatic nitrogens is 4. The van der Waals surface area contributed by atoms with E-state index in [1.807, 2.05) is 35.0 Å². The molecule has 0 radical (unpaired) electrons. The number of tetrazole rings is 1. The Morgan fingerprint density at radius 2 is 1.72 bits per heavy atom. The van der Waals surface area contributed by atoms with E-state index in [0.29, 0.717) is 12.1 Å². The smallest absolute Gasteiger partial charge is 0.214 e. The molecule has 1 atom stereocenters. The lowest BCUT2D eigenvalue weighted by Crippen LogP contribution is -3.28. The summed E-state index contributed by atoms with van der Waals surface area (Å²) in [6.07, 6.45) is 0.839. The number of likely N-dealkylation sites (N-methyl/N-ethyl adjacent to an activating group) is 1. The van der Waals surface area contributed by atoms with Crippen LogP contribution in [0, 0.1) is 5.82 Å². The molecule has 2 N–H and O–H groups in total. The largest absolute Gasteiger partial charge is 0.326 e. The molecule has 1 fully saturated rings. The van der Waals surface area contributed by atoms with Crippen LogP contribution in [0.15, 0.2) is 54.6 Å². The minimum atomic E-state index is -0.194.